The lowest BCUT2D eigenvalue weighted by molar-refractivity contribution is -0.527. The first kappa shape index (κ1) is 24.9. The molecule has 1 aliphatic carbocycles. The Bertz CT molecular complexity index is 1590. The summed E-state index contributed by atoms with van der Waals surface area (Å²) in [6, 6.07) is 35.0. The third-order valence-electron chi connectivity index (χ3n) is 7.56. The van der Waals surface area contributed by atoms with Gasteiger partial charge in [0.2, 0.25) is 6.04 Å². The monoisotopic (exact) mass is 577 g/mol. The minimum atomic E-state index is -1.35. The van der Waals surface area contributed by atoms with Crippen molar-refractivity contribution in [3.05, 3.63) is 153 Å². The van der Waals surface area contributed by atoms with E-state index in [0.29, 0.717) is 11.4 Å². The predicted molar refractivity (Wildman–Crippen MR) is 156 cm³/mol. The SMILES string of the molecule is O=C1N(c2ccccc2)N=C(c2ccccc2)[C@]12C[C@H]([N+](=O)[O-])[C@@H](c1ccccc1)C=C2c1ccc(Br)cc1. The molecule has 192 valence electrons. The second kappa shape index (κ2) is 10.1. The van der Waals surface area contributed by atoms with Crippen molar-refractivity contribution in [3.8, 4) is 0 Å². The van der Waals surface area contributed by atoms with E-state index < -0.39 is 17.4 Å². The van der Waals surface area contributed by atoms with Gasteiger partial charge in [-0.3, -0.25) is 14.9 Å². The number of nitrogens with zero attached hydrogens (tertiary/aromatic N) is 3. The molecule has 6 nitrogen and oxygen atoms in total. The summed E-state index contributed by atoms with van der Waals surface area (Å²) in [7, 11) is 0. The number of carbonyl (C=O) groups excluding carboxylic acids is 1. The second-order valence-electron chi connectivity index (χ2n) is 9.75. The van der Waals surface area contributed by atoms with E-state index in [2.05, 4.69) is 15.9 Å². The molecular formula is C32H24BrN3O3. The molecule has 1 heterocycles. The number of para-hydroxylation sites is 1. The Morgan fingerprint density at radius 1 is 0.821 bits per heavy atom. The van der Waals surface area contributed by atoms with Gasteiger partial charge < -0.3 is 0 Å². The molecule has 7 heteroatoms. The maximum atomic E-state index is 14.7. The minimum Gasteiger partial charge on any atom is -0.271 e. The molecule has 39 heavy (non-hydrogen) atoms. The second-order valence-corrected chi connectivity index (χ2v) is 10.7. The van der Waals surface area contributed by atoms with Crippen molar-refractivity contribution in [1.29, 1.82) is 0 Å². The first-order valence-corrected chi connectivity index (χ1v) is 13.5. The number of rotatable bonds is 5. The van der Waals surface area contributed by atoms with Crippen molar-refractivity contribution in [2.75, 3.05) is 5.01 Å². The fourth-order valence-electron chi connectivity index (χ4n) is 5.74. The van der Waals surface area contributed by atoms with Gasteiger partial charge in [0.15, 0.2) is 0 Å². The van der Waals surface area contributed by atoms with Crippen LogP contribution in [0.5, 0.6) is 0 Å². The Morgan fingerprint density at radius 3 is 2.03 bits per heavy atom. The molecule has 0 bridgehead atoms. The molecule has 4 aromatic carbocycles. The number of anilines is 1. The number of nitro groups is 1. The summed E-state index contributed by atoms with van der Waals surface area (Å²) < 4.78 is 0.903. The van der Waals surface area contributed by atoms with Crippen LogP contribution in [-0.2, 0) is 4.79 Å². The molecule has 0 saturated heterocycles. The van der Waals surface area contributed by atoms with Crippen LogP contribution in [0.1, 0.15) is 29.0 Å². The summed E-state index contributed by atoms with van der Waals surface area (Å²) in [5, 5.41) is 19.0. The van der Waals surface area contributed by atoms with Crippen molar-refractivity contribution in [3.63, 3.8) is 0 Å². The maximum Gasteiger partial charge on any atom is 0.264 e. The van der Waals surface area contributed by atoms with Gasteiger partial charge in [-0.05, 0) is 46.5 Å². The van der Waals surface area contributed by atoms with Crippen LogP contribution in [0.3, 0.4) is 0 Å². The van der Waals surface area contributed by atoms with Crippen molar-refractivity contribution in [2.24, 2.45) is 10.5 Å². The lowest BCUT2D eigenvalue weighted by Crippen LogP contribution is -2.49. The lowest BCUT2D eigenvalue weighted by Gasteiger charge is -2.39. The van der Waals surface area contributed by atoms with Crippen molar-refractivity contribution < 1.29 is 9.72 Å². The highest BCUT2D eigenvalue weighted by atomic mass is 79.9. The van der Waals surface area contributed by atoms with E-state index in [0.717, 1.165) is 26.7 Å². The van der Waals surface area contributed by atoms with E-state index in [1.165, 1.54) is 5.01 Å². The summed E-state index contributed by atoms with van der Waals surface area (Å²) in [6.07, 6.45) is 1.91. The van der Waals surface area contributed by atoms with E-state index >= 15 is 0 Å². The van der Waals surface area contributed by atoms with Gasteiger partial charge >= 0.3 is 0 Å². The van der Waals surface area contributed by atoms with Gasteiger partial charge in [-0.25, -0.2) is 0 Å². The zero-order chi connectivity index (χ0) is 27.0. The zero-order valence-corrected chi connectivity index (χ0v) is 22.4. The van der Waals surface area contributed by atoms with Gasteiger partial charge in [-0.15, -0.1) is 0 Å². The predicted octanol–water partition coefficient (Wildman–Crippen LogP) is 7.10. The molecule has 0 saturated carbocycles. The smallest absolute Gasteiger partial charge is 0.264 e. The first-order valence-electron chi connectivity index (χ1n) is 12.7. The molecule has 0 aromatic heterocycles. The van der Waals surface area contributed by atoms with Crippen LogP contribution in [0.4, 0.5) is 5.69 Å². The number of hydrogen-bond acceptors (Lipinski definition) is 4. The van der Waals surface area contributed by atoms with Crippen LogP contribution in [0.25, 0.3) is 5.57 Å². The first-order chi connectivity index (χ1) is 19.0. The van der Waals surface area contributed by atoms with Crippen molar-refractivity contribution in [2.45, 2.75) is 18.4 Å². The molecule has 0 N–H and O–H groups in total. The normalized spacial score (nSPS) is 22.5. The van der Waals surface area contributed by atoms with Crippen LogP contribution in [0.15, 0.2) is 131 Å². The van der Waals surface area contributed by atoms with Gasteiger partial charge in [0.25, 0.3) is 5.91 Å². The average molecular weight is 578 g/mol. The molecule has 0 unspecified atom stereocenters. The molecule has 1 spiro atoms. The van der Waals surface area contributed by atoms with Gasteiger partial charge in [-0.1, -0.05) is 113 Å². The van der Waals surface area contributed by atoms with Crippen LogP contribution < -0.4 is 5.01 Å². The number of carbonyl (C=O) groups is 1. The number of halogens is 1. The van der Waals surface area contributed by atoms with E-state index in [-0.39, 0.29) is 17.3 Å². The number of hydrazone groups is 1. The standard InChI is InChI=1S/C32H24BrN3O3/c33-25-18-16-23(17-19-25)28-20-27(22-10-4-1-5-11-22)29(36(38)39)21-32(28)30(24-12-6-2-7-13-24)34-35(31(32)37)26-14-8-3-9-15-26/h1-20,27,29H,21H2/t27-,29+,32-/m1/s1. The Labute approximate surface area is 234 Å². The highest BCUT2D eigenvalue weighted by Gasteiger charge is 2.60. The zero-order valence-electron chi connectivity index (χ0n) is 20.9. The molecule has 2 aliphatic rings. The Morgan fingerprint density at radius 2 is 1.41 bits per heavy atom. The molecule has 4 aromatic rings. The van der Waals surface area contributed by atoms with Crippen LogP contribution in [0.2, 0.25) is 0 Å². The lowest BCUT2D eigenvalue weighted by atomic mass is 9.61. The van der Waals surface area contributed by atoms with Crippen LogP contribution in [-0.4, -0.2) is 22.6 Å². The molecule has 0 fully saturated rings. The number of hydrogen-bond donors (Lipinski definition) is 0. The third kappa shape index (κ3) is 4.29. The largest absolute Gasteiger partial charge is 0.271 e. The topological polar surface area (TPSA) is 75.8 Å². The minimum absolute atomic E-state index is 0.0165. The van der Waals surface area contributed by atoms with Gasteiger partial charge in [-0.2, -0.15) is 10.1 Å². The van der Waals surface area contributed by atoms with E-state index in [1.807, 2.05) is 121 Å². The fraction of sp³-hybridized carbons (Fsp3) is 0.125. The number of benzene rings is 4. The Hall–Kier alpha value is -4.36. The summed E-state index contributed by atoms with van der Waals surface area (Å²) in [5.74, 6) is -0.804. The molecule has 3 atom stereocenters. The average Bonchev–Trinajstić information content (AvgIpc) is 3.26. The number of amides is 1. The van der Waals surface area contributed by atoms with Gasteiger partial charge in [0, 0.05) is 15.8 Å². The van der Waals surface area contributed by atoms with E-state index in [1.54, 1.807) is 0 Å². The van der Waals surface area contributed by atoms with Gasteiger partial charge in [0.05, 0.1) is 17.3 Å². The summed E-state index contributed by atoms with van der Waals surface area (Å²) >= 11 is 3.51. The van der Waals surface area contributed by atoms with E-state index in [9.17, 15) is 14.9 Å². The maximum absolute atomic E-state index is 14.7. The van der Waals surface area contributed by atoms with E-state index in [4.69, 9.17) is 5.10 Å². The summed E-state index contributed by atoms with van der Waals surface area (Å²) in [4.78, 5) is 27.1. The molecule has 0 radical (unpaired) electrons. The van der Waals surface area contributed by atoms with Crippen molar-refractivity contribution in [1.82, 2.24) is 0 Å². The molecule has 6 rings (SSSR count). The Kier molecular flexibility index (Phi) is 6.45. The quantitative estimate of drug-likeness (QED) is 0.187. The van der Waals surface area contributed by atoms with Crippen molar-refractivity contribution >= 4 is 38.8 Å². The highest BCUT2D eigenvalue weighted by molar-refractivity contribution is 9.10. The molecule has 1 amide bonds. The third-order valence-corrected chi connectivity index (χ3v) is 8.08. The van der Waals surface area contributed by atoms with Crippen LogP contribution >= 0.6 is 15.9 Å². The highest BCUT2D eigenvalue weighted by Crippen LogP contribution is 2.54. The van der Waals surface area contributed by atoms with Gasteiger partial charge in [0.1, 0.15) is 5.41 Å². The Balaban J connectivity index is 1.64. The molecular weight excluding hydrogens is 554 g/mol. The summed E-state index contributed by atoms with van der Waals surface area (Å²) in [5.41, 5.74) is 2.93. The molecule has 1 aliphatic heterocycles. The summed E-state index contributed by atoms with van der Waals surface area (Å²) in [6.45, 7) is 0. The van der Waals surface area contributed by atoms with Crippen LogP contribution in [0, 0.1) is 15.5 Å². The fourth-order valence-corrected chi connectivity index (χ4v) is 6.00.